The molecule has 0 amide bonds. The van der Waals surface area contributed by atoms with Crippen LogP contribution in [-0.2, 0) is 0 Å². The van der Waals surface area contributed by atoms with E-state index >= 15 is 0 Å². The van der Waals surface area contributed by atoms with Crippen LogP contribution in [0.5, 0.6) is 0 Å². The molecule has 2 rings (SSSR count). The van der Waals surface area contributed by atoms with E-state index in [1.807, 2.05) is 6.08 Å². The molecule has 0 fully saturated rings. The van der Waals surface area contributed by atoms with Crippen molar-refractivity contribution in [3.63, 3.8) is 0 Å². The van der Waals surface area contributed by atoms with E-state index in [1.165, 1.54) is 0 Å². The highest BCUT2D eigenvalue weighted by Gasteiger charge is 2.17. The van der Waals surface area contributed by atoms with Gasteiger partial charge in [0.2, 0.25) is 0 Å². The van der Waals surface area contributed by atoms with Crippen LogP contribution in [0.3, 0.4) is 0 Å². The molecule has 2 aliphatic rings. The number of hydrogen-bond acceptors (Lipinski definition) is 1. The van der Waals surface area contributed by atoms with E-state index in [1.54, 1.807) is 12.2 Å². The Bertz CT molecular complexity index is 268. The third-order valence-electron chi connectivity index (χ3n) is 2.81. The van der Waals surface area contributed by atoms with Gasteiger partial charge in [-0.25, -0.2) is 4.39 Å². The van der Waals surface area contributed by atoms with E-state index in [-0.39, 0.29) is 11.9 Å². The number of nitrogens with zero attached hydrogens (tertiary/aromatic N) is 1. The van der Waals surface area contributed by atoms with Crippen LogP contribution in [-0.4, -0.2) is 24.0 Å². The molecule has 0 saturated carbocycles. The molecule has 0 aromatic heterocycles. The lowest BCUT2D eigenvalue weighted by atomic mass is 10.1. The molecule has 0 aromatic rings. The first-order chi connectivity index (χ1) is 6.86. The third-order valence-corrected chi connectivity index (χ3v) is 2.81. The summed E-state index contributed by atoms with van der Waals surface area (Å²) in [6.07, 6.45) is 12.8. The van der Waals surface area contributed by atoms with Crippen LogP contribution in [0.15, 0.2) is 36.2 Å². The maximum atomic E-state index is 13.0. The molecular weight excluding hydrogens is 177 g/mol. The predicted molar refractivity (Wildman–Crippen MR) is 56.7 cm³/mol. The van der Waals surface area contributed by atoms with Gasteiger partial charge in [0.05, 0.1) is 0 Å². The van der Waals surface area contributed by atoms with Crippen molar-refractivity contribution in [3.05, 3.63) is 36.2 Å². The van der Waals surface area contributed by atoms with Gasteiger partial charge in [-0.2, -0.15) is 0 Å². The van der Waals surface area contributed by atoms with Crippen molar-refractivity contribution in [3.8, 4) is 0 Å². The summed E-state index contributed by atoms with van der Waals surface area (Å²) in [5.41, 5.74) is 0. The summed E-state index contributed by atoms with van der Waals surface area (Å²) in [5.74, 6) is -0.0848. The molecule has 1 nitrogen and oxygen atoms in total. The summed E-state index contributed by atoms with van der Waals surface area (Å²) < 4.78 is 13.0. The van der Waals surface area contributed by atoms with Crippen LogP contribution in [0.25, 0.3) is 0 Å². The van der Waals surface area contributed by atoms with Crippen molar-refractivity contribution in [1.29, 1.82) is 0 Å². The Morgan fingerprint density at radius 1 is 1.14 bits per heavy atom. The fourth-order valence-corrected chi connectivity index (χ4v) is 2.04. The molecular formula is C12H16FN. The number of hydrogen-bond donors (Lipinski definition) is 0. The molecule has 1 aliphatic carbocycles. The molecule has 0 bridgehead atoms. The first-order valence-electron chi connectivity index (χ1n) is 5.29. The SMILES string of the molecule is FC1=CC(N2CCC=CCC2)CC=C1. The maximum absolute atomic E-state index is 13.0. The van der Waals surface area contributed by atoms with Crippen LogP contribution >= 0.6 is 0 Å². The number of rotatable bonds is 1. The van der Waals surface area contributed by atoms with Gasteiger partial charge in [-0.15, -0.1) is 0 Å². The Kier molecular flexibility index (Phi) is 3.14. The molecule has 0 aromatic carbocycles. The lowest BCUT2D eigenvalue weighted by molar-refractivity contribution is 0.238. The van der Waals surface area contributed by atoms with Gasteiger partial charge in [-0.1, -0.05) is 18.2 Å². The molecule has 2 heteroatoms. The molecule has 0 spiro atoms. The van der Waals surface area contributed by atoms with Crippen LogP contribution in [0.1, 0.15) is 19.3 Å². The normalized spacial score (nSPS) is 28.6. The molecule has 1 unspecified atom stereocenters. The minimum atomic E-state index is -0.0848. The standard InChI is InChI=1S/C12H16FN/c13-11-6-5-7-12(10-11)14-8-3-1-2-4-9-14/h1-2,5-6,10,12H,3-4,7-9H2. The molecule has 14 heavy (non-hydrogen) atoms. The Hall–Kier alpha value is -0.890. The van der Waals surface area contributed by atoms with Gasteiger partial charge in [0.25, 0.3) is 0 Å². The molecule has 0 radical (unpaired) electrons. The van der Waals surface area contributed by atoms with E-state index in [0.29, 0.717) is 0 Å². The van der Waals surface area contributed by atoms with Crippen molar-refractivity contribution >= 4 is 0 Å². The number of allylic oxidation sites excluding steroid dienone is 2. The molecule has 1 heterocycles. The van der Waals surface area contributed by atoms with Gasteiger partial charge < -0.3 is 0 Å². The minimum Gasteiger partial charge on any atom is -0.296 e. The van der Waals surface area contributed by atoms with E-state index in [2.05, 4.69) is 17.1 Å². The molecule has 1 aliphatic heterocycles. The maximum Gasteiger partial charge on any atom is 0.120 e. The molecule has 0 N–H and O–H groups in total. The summed E-state index contributed by atoms with van der Waals surface area (Å²) >= 11 is 0. The van der Waals surface area contributed by atoms with Crippen LogP contribution in [0.2, 0.25) is 0 Å². The highest BCUT2D eigenvalue weighted by Crippen LogP contribution is 2.18. The van der Waals surface area contributed by atoms with Crippen molar-refractivity contribution < 1.29 is 4.39 Å². The van der Waals surface area contributed by atoms with Gasteiger partial charge in [0.15, 0.2) is 0 Å². The van der Waals surface area contributed by atoms with Crippen molar-refractivity contribution in [2.75, 3.05) is 13.1 Å². The van der Waals surface area contributed by atoms with Crippen molar-refractivity contribution in [2.24, 2.45) is 0 Å². The minimum absolute atomic E-state index is 0.0848. The monoisotopic (exact) mass is 193 g/mol. The fraction of sp³-hybridized carbons (Fsp3) is 0.500. The van der Waals surface area contributed by atoms with E-state index in [0.717, 1.165) is 32.4 Å². The molecule has 1 atom stereocenters. The lowest BCUT2D eigenvalue weighted by Gasteiger charge is -2.28. The van der Waals surface area contributed by atoms with Crippen LogP contribution in [0.4, 0.5) is 4.39 Å². The van der Waals surface area contributed by atoms with Gasteiger partial charge in [0, 0.05) is 19.1 Å². The molecule has 76 valence electrons. The summed E-state index contributed by atoms with van der Waals surface area (Å²) in [6, 6.07) is 0.278. The summed E-state index contributed by atoms with van der Waals surface area (Å²) in [6.45, 7) is 2.11. The predicted octanol–water partition coefficient (Wildman–Crippen LogP) is 2.82. The van der Waals surface area contributed by atoms with Gasteiger partial charge in [-0.3, -0.25) is 4.90 Å². The zero-order valence-corrected chi connectivity index (χ0v) is 8.32. The smallest absolute Gasteiger partial charge is 0.120 e. The summed E-state index contributed by atoms with van der Waals surface area (Å²) in [7, 11) is 0. The van der Waals surface area contributed by atoms with Crippen molar-refractivity contribution in [2.45, 2.75) is 25.3 Å². The largest absolute Gasteiger partial charge is 0.296 e. The van der Waals surface area contributed by atoms with Crippen LogP contribution in [0, 0.1) is 0 Å². The Morgan fingerprint density at radius 2 is 1.86 bits per heavy atom. The Morgan fingerprint density at radius 3 is 2.50 bits per heavy atom. The summed E-state index contributed by atoms with van der Waals surface area (Å²) in [4.78, 5) is 2.36. The Labute approximate surface area is 84.6 Å². The quantitative estimate of drug-likeness (QED) is 0.579. The van der Waals surface area contributed by atoms with E-state index in [4.69, 9.17) is 0 Å². The zero-order chi connectivity index (χ0) is 9.80. The first-order valence-corrected chi connectivity index (χ1v) is 5.29. The van der Waals surface area contributed by atoms with Gasteiger partial charge in [-0.05, 0) is 31.4 Å². The van der Waals surface area contributed by atoms with Gasteiger partial charge >= 0.3 is 0 Å². The second-order valence-corrected chi connectivity index (χ2v) is 3.84. The van der Waals surface area contributed by atoms with E-state index in [9.17, 15) is 4.39 Å². The highest BCUT2D eigenvalue weighted by atomic mass is 19.1. The Balaban J connectivity index is 1.98. The van der Waals surface area contributed by atoms with Crippen LogP contribution < -0.4 is 0 Å². The zero-order valence-electron chi connectivity index (χ0n) is 8.32. The number of halogens is 1. The van der Waals surface area contributed by atoms with Gasteiger partial charge in [0.1, 0.15) is 5.83 Å². The average Bonchev–Trinajstić information content (AvgIpc) is 2.45. The topological polar surface area (TPSA) is 3.24 Å². The highest BCUT2D eigenvalue weighted by molar-refractivity contribution is 5.20. The van der Waals surface area contributed by atoms with Crippen molar-refractivity contribution in [1.82, 2.24) is 4.90 Å². The second-order valence-electron chi connectivity index (χ2n) is 3.84. The average molecular weight is 193 g/mol. The van der Waals surface area contributed by atoms with E-state index < -0.39 is 0 Å². The third kappa shape index (κ3) is 2.32. The first kappa shape index (κ1) is 9.66. The molecule has 0 saturated heterocycles. The summed E-state index contributed by atoms with van der Waals surface area (Å²) in [5, 5.41) is 0. The fourth-order valence-electron chi connectivity index (χ4n) is 2.04. The lowest BCUT2D eigenvalue weighted by Crippen LogP contribution is -2.35. The second kappa shape index (κ2) is 4.56.